The van der Waals surface area contributed by atoms with Gasteiger partial charge >= 0.3 is 0 Å². The minimum Gasteiger partial charge on any atom is -0.307 e. The van der Waals surface area contributed by atoms with E-state index in [1.54, 1.807) is 0 Å². The SMILES string of the molecule is CC(C)CCNC(P)P. The van der Waals surface area contributed by atoms with Gasteiger partial charge in [0.05, 0.1) is 0 Å². The lowest BCUT2D eigenvalue weighted by Gasteiger charge is -2.08. The molecule has 0 amide bonds. The Morgan fingerprint density at radius 2 is 1.89 bits per heavy atom. The molecular weight excluding hydrogens is 148 g/mol. The molecule has 0 aromatic heterocycles. The smallest absolute Gasteiger partial charge is 0.0351 e. The van der Waals surface area contributed by atoms with Crippen LogP contribution in [0.2, 0.25) is 0 Å². The zero-order valence-electron chi connectivity index (χ0n) is 6.22. The lowest BCUT2D eigenvalue weighted by molar-refractivity contribution is 0.553. The van der Waals surface area contributed by atoms with Crippen molar-refractivity contribution in [3.63, 3.8) is 0 Å². The molecule has 2 atom stereocenters. The van der Waals surface area contributed by atoms with E-state index in [9.17, 15) is 0 Å². The Morgan fingerprint density at radius 3 is 2.22 bits per heavy atom. The second-order valence-corrected chi connectivity index (χ2v) is 4.87. The molecule has 9 heavy (non-hydrogen) atoms. The van der Waals surface area contributed by atoms with Gasteiger partial charge in [-0.15, -0.1) is 18.5 Å². The minimum absolute atomic E-state index is 0.476. The van der Waals surface area contributed by atoms with E-state index in [0.29, 0.717) is 5.52 Å². The molecule has 0 aromatic carbocycles. The molecule has 0 aliphatic rings. The summed E-state index contributed by atoms with van der Waals surface area (Å²) in [6.45, 7) is 5.60. The molecule has 1 nitrogen and oxygen atoms in total. The van der Waals surface area contributed by atoms with Crippen LogP contribution >= 0.6 is 18.5 Å². The van der Waals surface area contributed by atoms with Gasteiger partial charge in [-0.1, -0.05) is 13.8 Å². The first-order valence-electron chi connectivity index (χ1n) is 3.37. The van der Waals surface area contributed by atoms with Gasteiger partial charge in [0.2, 0.25) is 0 Å². The molecule has 0 fully saturated rings. The Hall–Kier alpha value is 0.820. The topological polar surface area (TPSA) is 12.0 Å². The standard InChI is InChI=1S/C6H17NP2/c1-5(2)3-4-7-6(8)9/h5-7H,3-4,8-9H2,1-2H3. The van der Waals surface area contributed by atoms with Crippen LogP contribution in [0.1, 0.15) is 20.3 Å². The molecule has 2 unspecified atom stereocenters. The molecular formula is C6H17NP2. The second kappa shape index (κ2) is 5.59. The highest BCUT2D eigenvalue weighted by atomic mass is 31.1. The maximum atomic E-state index is 3.30. The van der Waals surface area contributed by atoms with Gasteiger partial charge in [-0.2, -0.15) is 0 Å². The molecule has 0 bridgehead atoms. The van der Waals surface area contributed by atoms with Crippen LogP contribution in [-0.4, -0.2) is 12.1 Å². The van der Waals surface area contributed by atoms with E-state index in [2.05, 4.69) is 37.6 Å². The molecule has 1 N–H and O–H groups in total. The highest BCUT2D eigenvalue weighted by Crippen LogP contribution is 2.04. The number of nitrogens with one attached hydrogen (secondary N) is 1. The summed E-state index contributed by atoms with van der Waals surface area (Å²) in [6.07, 6.45) is 1.26. The minimum atomic E-state index is 0.476. The van der Waals surface area contributed by atoms with E-state index >= 15 is 0 Å². The van der Waals surface area contributed by atoms with E-state index < -0.39 is 0 Å². The van der Waals surface area contributed by atoms with E-state index in [1.165, 1.54) is 6.42 Å². The van der Waals surface area contributed by atoms with Gasteiger partial charge in [-0.3, -0.25) is 0 Å². The summed E-state index contributed by atoms with van der Waals surface area (Å²) in [5.41, 5.74) is 0.476. The van der Waals surface area contributed by atoms with Crippen LogP contribution in [0.15, 0.2) is 0 Å². The van der Waals surface area contributed by atoms with Crippen LogP contribution in [0.25, 0.3) is 0 Å². The predicted molar refractivity (Wildman–Crippen MR) is 50.7 cm³/mol. The number of rotatable bonds is 4. The lowest BCUT2D eigenvalue weighted by Crippen LogP contribution is -2.19. The summed E-state index contributed by atoms with van der Waals surface area (Å²) >= 11 is 0. The van der Waals surface area contributed by atoms with Crippen molar-refractivity contribution in [2.75, 3.05) is 6.54 Å². The molecule has 0 saturated heterocycles. The van der Waals surface area contributed by atoms with Gasteiger partial charge in [0, 0.05) is 5.52 Å². The molecule has 0 spiro atoms. The van der Waals surface area contributed by atoms with E-state index in [-0.39, 0.29) is 0 Å². The third-order valence-corrected chi connectivity index (χ3v) is 1.57. The second-order valence-electron chi connectivity index (χ2n) is 2.66. The van der Waals surface area contributed by atoms with E-state index in [4.69, 9.17) is 0 Å². The molecule has 0 aliphatic carbocycles. The molecule has 0 rings (SSSR count). The zero-order valence-corrected chi connectivity index (χ0v) is 8.53. The first kappa shape index (κ1) is 9.82. The maximum absolute atomic E-state index is 3.30. The highest BCUT2D eigenvalue weighted by Gasteiger charge is 1.94. The molecule has 0 radical (unpaired) electrons. The first-order chi connectivity index (χ1) is 4.13. The summed E-state index contributed by atoms with van der Waals surface area (Å²) in [4.78, 5) is 0. The van der Waals surface area contributed by atoms with Crippen molar-refractivity contribution in [2.24, 2.45) is 5.92 Å². The van der Waals surface area contributed by atoms with E-state index in [1.807, 2.05) is 0 Å². The predicted octanol–water partition coefficient (Wildman–Crippen LogP) is 1.66. The summed E-state index contributed by atoms with van der Waals surface area (Å²) in [5.74, 6) is 0.811. The van der Waals surface area contributed by atoms with E-state index in [0.717, 1.165) is 12.5 Å². The lowest BCUT2D eigenvalue weighted by atomic mass is 10.1. The van der Waals surface area contributed by atoms with Crippen LogP contribution in [0.3, 0.4) is 0 Å². The van der Waals surface area contributed by atoms with Gasteiger partial charge in [-0.25, -0.2) is 0 Å². The fourth-order valence-corrected chi connectivity index (χ4v) is 0.872. The van der Waals surface area contributed by atoms with Crippen LogP contribution in [0.5, 0.6) is 0 Å². The molecule has 0 saturated carbocycles. The van der Waals surface area contributed by atoms with Gasteiger partial charge in [0.15, 0.2) is 0 Å². The number of hydrogen-bond acceptors (Lipinski definition) is 1. The normalized spacial score (nSPS) is 11.3. The largest absolute Gasteiger partial charge is 0.307 e. The molecule has 56 valence electrons. The molecule has 3 heteroatoms. The van der Waals surface area contributed by atoms with Crippen molar-refractivity contribution in [3.05, 3.63) is 0 Å². The first-order valence-corrected chi connectivity index (χ1v) is 4.71. The third-order valence-electron chi connectivity index (χ3n) is 1.10. The van der Waals surface area contributed by atoms with Crippen molar-refractivity contribution in [1.82, 2.24) is 5.32 Å². The van der Waals surface area contributed by atoms with Crippen LogP contribution in [0.4, 0.5) is 0 Å². The maximum Gasteiger partial charge on any atom is 0.0351 e. The van der Waals surface area contributed by atoms with Gasteiger partial charge in [-0.05, 0) is 18.9 Å². The summed E-state index contributed by atoms with van der Waals surface area (Å²) in [6, 6.07) is 0. The summed E-state index contributed by atoms with van der Waals surface area (Å²) in [7, 11) is 5.38. The highest BCUT2D eigenvalue weighted by molar-refractivity contribution is 7.37. The monoisotopic (exact) mass is 165 g/mol. The van der Waals surface area contributed by atoms with Crippen molar-refractivity contribution in [2.45, 2.75) is 25.8 Å². The van der Waals surface area contributed by atoms with Crippen molar-refractivity contribution < 1.29 is 0 Å². The Morgan fingerprint density at radius 1 is 1.33 bits per heavy atom. The van der Waals surface area contributed by atoms with Crippen molar-refractivity contribution in [1.29, 1.82) is 0 Å². The average Bonchev–Trinajstić information content (AvgIpc) is 1.63. The Bertz CT molecular complexity index is 56.1. The average molecular weight is 165 g/mol. The van der Waals surface area contributed by atoms with Crippen LogP contribution in [-0.2, 0) is 0 Å². The van der Waals surface area contributed by atoms with Crippen molar-refractivity contribution in [3.8, 4) is 0 Å². The Kier molecular flexibility index (Phi) is 6.10. The van der Waals surface area contributed by atoms with Crippen LogP contribution in [0, 0.1) is 5.92 Å². The summed E-state index contributed by atoms with van der Waals surface area (Å²) < 4.78 is 0. The fourth-order valence-electron chi connectivity index (χ4n) is 0.539. The zero-order chi connectivity index (χ0) is 7.28. The van der Waals surface area contributed by atoms with Gasteiger partial charge in [0.25, 0.3) is 0 Å². The van der Waals surface area contributed by atoms with Gasteiger partial charge in [0.1, 0.15) is 0 Å². The third kappa shape index (κ3) is 8.82. The molecule has 0 aromatic rings. The van der Waals surface area contributed by atoms with Crippen LogP contribution < -0.4 is 5.32 Å². The fraction of sp³-hybridized carbons (Fsp3) is 1.00. The van der Waals surface area contributed by atoms with Gasteiger partial charge < -0.3 is 5.32 Å². The van der Waals surface area contributed by atoms with Crippen molar-refractivity contribution >= 4 is 18.5 Å². The Balaban J connectivity index is 2.91. The number of hydrogen-bond donors (Lipinski definition) is 1. The molecule has 0 heterocycles. The molecule has 0 aliphatic heterocycles. The summed E-state index contributed by atoms with van der Waals surface area (Å²) in [5, 5.41) is 3.30. The Labute approximate surface area is 62.8 Å². The quantitative estimate of drug-likeness (QED) is 0.624.